The fraction of sp³-hybridized carbons (Fsp3) is 0.273. The van der Waals surface area contributed by atoms with E-state index < -0.39 is 0 Å². The quantitative estimate of drug-likeness (QED) is 0.497. The van der Waals surface area contributed by atoms with Crippen molar-refractivity contribution in [1.82, 2.24) is 15.0 Å². The van der Waals surface area contributed by atoms with Crippen molar-refractivity contribution in [3.63, 3.8) is 0 Å². The fourth-order valence-electron chi connectivity index (χ4n) is 3.28. The average molecular weight is 391 g/mol. The standard InChI is InChI=1S/C22H22N4OS/c1-12-16-13(2)24-21(22(3,4)5)26-20(16)28-18(12)19(27)25-15-10-6-8-14-9-7-11-23-17(14)15/h6-11H,1-5H3,(H,25,27). The summed E-state index contributed by atoms with van der Waals surface area (Å²) in [5.41, 5.74) is 3.17. The Labute approximate surface area is 167 Å². The van der Waals surface area contributed by atoms with Crippen molar-refractivity contribution in [2.24, 2.45) is 0 Å². The molecule has 0 aliphatic heterocycles. The van der Waals surface area contributed by atoms with Gasteiger partial charge in [0.25, 0.3) is 5.91 Å². The third-order valence-corrected chi connectivity index (χ3v) is 5.91. The lowest BCUT2D eigenvalue weighted by atomic mass is 9.95. The molecular formula is C22H22N4OS. The fourth-order valence-corrected chi connectivity index (χ4v) is 4.40. The lowest BCUT2D eigenvalue weighted by Gasteiger charge is -2.16. The van der Waals surface area contributed by atoms with Crippen LogP contribution in [0.4, 0.5) is 5.69 Å². The van der Waals surface area contributed by atoms with Crippen LogP contribution < -0.4 is 5.32 Å². The molecule has 1 N–H and O–H groups in total. The number of para-hydroxylation sites is 1. The maximum absolute atomic E-state index is 13.1. The van der Waals surface area contributed by atoms with Gasteiger partial charge >= 0.3 is 0 Å². The molecule has 4 rings (SSSR count). The zero-order valence-electron chi connectivity index (χ0n) is 16.6. The monoisotopic (exact) mass is 390 g/mol. The Hall–Kier alpha value is -2.86. The molecule has 1 amide bonds. The molecule has 0 aliphatic carbocycles. The summed E-state index contributed by atoms with van der Waals surface area (Å²) in [6.45, 7) is 10.2. The summed E-state index contributed by atoms with van der Waals surface area (Å²) in [6, 6.07) is 9.64. The Morgan fingerprint density at radius 1 is 1.07 bits per heavy atom. The number of nitrogens with one attached hydrogen (secondary N) is 1. The summed E-state index contributed by atoms with van der Waals surface area (Å²) in [4.78, 5) is 28.4. The van der Waals surface area contributed by atoms with Gasteiger partial charge in [-0.2, -0.15) is 0 Å². The van der Waals surface area contributed by atoms with Gasteiger partial charge in [-0.3, -0.25) is 9.78 Å². The number of thiophene rings is 1. The Morgan fingerprint density at radius 3 is 2.57 bits per heavy atom. The second kappa shape index (κ2) is 6.63. The van der Waals surface area contributed by atoms with Crippen LogP contribution in [0.3, 0.4) is 0 Å². The van der Waals surface area contributed by atoms with Crippen LogP contribution in [0.5, 0.6) is 0 Å². The number of anilines is 1. The molecule has 0 atom stereocenters. The van der Waals surface area contributed by atoms with E-state index in [0.29, 0.717) is 10.6 Å². The number of pyridine rings is 1. The highest BCUT2D eigenvalue weighted by Gasteiger charge is 2.23. The SMILES string of the molecule is Cc1nc(C(C)(C)C)nc2sc(C(=O)Nc3cccc4cccnc34)c(C)c12. The van der Waals surface area contributed by atoms with Crippen LogP contribution in [-0.4, -0.2) is 20.9 Å². The van der Waals surface area contributed by atoms with Gasteiger partial charge in [-0.15, -0.1) is 11.3 Å². The number of carbonyl (C=O) groups is 1. The van der Waals surface area contributed by atoms with Gasteiger partial charge < -0.3 is 5.32 Å². The minimum atomic E-state index is -0.145. The highest BCUT2D eigenvalue weighted by molar-refractivity contribution is 7.20. The van der Waals surface area contributed by atoms with Crippen molar-refractivity contribution in [2.45, 2.75) is 40.0 Å². The molecule has 142 valence electrons. The van der Waals surface area contributed by atoms with E-state index in [1.807, 2.05) is 44.2 Å². The van der Waals surface area contributed by atoms with E-state index >= 15 is 0 Å². The number of hydrogen-bond acceptors (Lipinski definition) is 5. The average Bonchev–Trinajstić information content (AvgIpc) is 2.98. The van der Waals surface area contributed by atoms with Crippen LogP contribution in [0.2, 0.25) is 0 Å². The molecule has 4 aromatic rings. The number of benzene rings is 1. The van der Waals surface area contributed by atoms with Gasteiger partial charge in [-0.1, -0.05) is 39.0 Å². The molecule has 28 heavy (non-hydrogen) atoms. The summed E-state index contributed by atoms with van der Waals surface area (Å²) < 4.78 is 0. The van der Waals surface area contributed by atoms with Gasteiger partial charge in [0.15, 0.2) is 0 Å². The van der Waals surface area contributed by atoms with Crippen molar-refractivity contribution in [1.29, 1.82) is 0 Å². The molecule has 0 fully saturated rings. The second-order valence-corrected chi connectivity index (χ2v) is 8.95. The molecular weight excluding hydrogens is 368 g/mol. The summed E-state index contributed by atoms with van der Waals surface area (Å²) in [5.74, 6) is 0.652. The van der Waals surface area contributed by atoms with E-state index in [1.165, 1.54) is 11.3 Å². The van der Waals surface area contributed by atoms with E-state index in [0.717, 1.165) is 38.2 Å². The first-order chi connectivity index (χ1) is 13.3. The Morgan fingerprint density at radius 2 is 1.82 bits per heavy atom. The van der Waals surface area contributed by atoms with Gasteiger partial charge in [-0.05, 0) is 31.5 Å². The lowest BCUT2D eigenvalue weighted by molar-refractivity contribution is 0.103. The molecule has 3 heterocycles. The smallest absolute Gasteiger partial charge is 0.266 e. The predicted octanol–water partition coefficient (Wildman–Crippen LogP) is 5.41. The minimum Gasteiger partial charge on any atom is -0.319 e. The molecule has 0 spiro atoms. The van der Waals surface area contributed by atoms with Crippen LogP contribution in [0.25, 0.3) is 21.1 Å². The maximum atomic E-state index is 13.1. The van der Waals surface area contributed by atoms with Gasteiger partial charge in [0.05, 0.1) is 21.8 Å². The molecule has 1 aromatic carbocycles. The van der Waals surface area contributed by atoms with Crippen LogP contribution in [0.1, 0.15) is 47.5 Å². The molecule has 0 bridgehead atoms. The van der Waals surface area contributed by atoms with E-state index in [-0.39, 0.29) is 11.3 Å². The molecule has 0 radical (unpaired) electrons. The van der Waals surface area contributed by atoms with Crippen LogP contribution in [0.15, 0.2) is 36.5 Å². The molecule has 5 nitrogen and oxygen atoms in total. The number of aryl methyl sites for hydroxylation is 2. The van der Waals surface area contributed by atoms with Crippen molar-refractivity contribution in [2.75, 3.05) is 5.32 Å². The first-order valence-electron chi connectivity index (χ1n) is 9.19. The summed E-state index contributed by atoms with van der Waals surface area (Å²) in [5, 5.41) is 4.99. The van der Waals surface area contributed by atoms with Crippen molar-refractivity contribution < 1.29 is 4.79 Å². The number of fused-ring (bicyclic) bond motifs is 2. The van der Waals surface area contributed by atoms with Gasteiger partial charge in [0, 0.05) is 22.4 Å². The third-order valence-electron chi connectivity index (χ3n) is 4.73. The molecule has 3 aromatic heterocycles. The summed E-state index contributed by atoms with van der Waals surface area (Å²) in [7, 11) is 0. The van der Waals surface area contributed by atoms with Crippen LogP contribution in [-0.2, 0) is 5.41 Å². The predicted molar refractivity (Wildman–Crippen MR) is 115 cm³/mol. The zero-order chi connectivity index (χ0) is 20.1. The maximum Gasteiger partial charge on any atom is 0.266 e. The molecule has 0 saturated carbocycles. The number of nitrogens with zero attached hydrogens (tertiary/aromatic N) is 3. The molecule has 0 aliphatic rings. The molecule has 0 saturated heterocycles. The van der Waals surface area contributed by atoms with Crippen LogP contribution >= 0.6 is 11.3 Å². The van der Waals surface area contributed by atoms with E-state index in [2.05, 4.69) is 36.1 Å². The zero-order valence-corrected chi connectivity index (χ0v) is 17.4. The Kier molecular flexibility index (Phi) is 4.38. The van der Waals surface area contributed by atoms with Crippen LogP contribution in [0, 0.1) is 13.8 Å². The Bertz CT molecular complexity index is 1220. The van der Waals surface area contributed by atoms with Crippen molar-refractivity contribution in [3.8, 4) is 0 Å². The first kappa shape index (κ1) is 18.5. The number of amides is 1. The summed E-state index contributed by atoms with van der Waals surface area (Å²) >= 11 is 1.42. The van der Waals surface area contributed by atoms with E-state index in [9.17, 15) is 4.79 Å². The first-order valence-corrected chi connectivity index (χ1v) is 10.0. The van der Waals surface area contributed by atoms with Gasteiger partial charge in [-0.25, -0.2) is 9.97 Å². The van der Waals surface area contributed by atoms with Crippen molar-refractivity contribution in [3.05, 3.63) is 58.5 Å². The number of rotatable bonds is 2. The minimum absolute atomic E-state index is 0.143. The molecule has 0 unspecified atom stereocenters. The highest BCUT2D eigenvalue weighted by Crippen LogP contribution is 2.34. The largest absolute Gasteiger partial charge is 0.319 e. The highest BCUT2D eigenvalue weighted by atomic mass is 32.1. The van der Waals surface area contributed by atoms with E-state index in [4.69, 9.17) is 4.98 Å². The number of aromatic nitrogens is 3. The second-order valence-electron chi connectivity index (χ2n) is 7.95. The van der Waals surface area contributed by atoms with E-state index in [1.54, 1.807) is 6.20 Å². The number of hydrogen-bond donors (Lipinski definition) is 1. The Balaban J connectivity index is 1.77. The topological polar surface area (TPSA) is 67.8 Å². The number of carbonyl (C=O) groups excluding carboxylic acids is 1. The van der Waals surface area contributed by atoms with Gasteiger partial charge in [0.1, 0.15) is 10.7 Å². The van der Waals surface area contributed by atoms with Gasteiger partial charge in [0.2, 0.25) is 0 Å². The summed E-state index contributed by atoms with van der Waals surface area (Å²) in [6.07, 6.45) is 1.73. The lowest BCUT2D eigenvalue weighted by Crippen LogP contribution is -2.16. The molecule has 6 heteroatoms. The van der Waals surface area contributed by atoms with Crippen molar-refractivity contribution >= 4 is 44.1 Å². The normalized spacial score (nSPS) is 11.9. The third kappa shape index (κ3) is 3.14.